The number of hydrogen-bond donors (Lipinski definition) is 3. The topological polar surface area (TPSA) is 61.4 Å². The minimum atomic E-state index is -0.460. The molecule has 0 aromatic heterocycles. The fourth-order valence-electron chi connectivity index (χ4n) is 1.96. The Morgan fingerprint density at radius 1 is 1.37 bits per heavy atom. The van der Waals surface area contributed by atoms with Crippen molar-refractivity contribution < 1.29 is 9.90 Å². The monoisotopic (exact) mass is 264 g/mol. The quantitative estimate of drug-likeness (QED) is 0.664. The van der Waals surface area contributed by atoms with E-state index < -0.39 is 6.10 Å². The Hall–Kier alpha value is -1.39. The van der Waals surface area contributed by atoms with Crippen LogP contribution in [0.15, 0.2) is 24.3 Å². The Labute approximate surface area is 115 Å². The maximum absolute atomic E-state index is 12.1. The van der Waals surface area contributed by atoms with Gasteiger partial charge in [-0.25, -0.2) is 0 Å². The molecule has 0 fully saturated rings. The maximum atomic E-state index is 12.1. The third-order valence-electron chi connectivity index (χ3n) is 3.03. The molecular formula is C15H24N2O2. The summed E-state index contributed by atoms with van der Waals surface area (Å²) in [6.07, 6.45) is 1.98. The number of likely N-dealkylation sites (N-methyl/N-ethyl adjacent to an activating group) is 1. The highest BCUT2D eigenvalue weighted by Crippen LogP contribution is 2.09. The van der Waals surface area contributed by atoms with Gasteiger partial charge in [0.1, 0.15) is 0 Å². The molecule has 1 unspecified atom stereocenters. The molecular weight excluding hydrogens is 240 g/mol. The Morgan fingerprint density at radius 3 is 2.79 bits per heavy atom. The first-order chi connectivity index (χ1) is 9.19. The second-order valence-electron chi connectivity index (χ2n) is 4.66. The lowest BCUT2D eigenvalue weighted by atomic mass is 10.0. The van der Waals surface area contributed by atoms with Gasteiger partial charge < -0.3 is 15.7 Å². The molecule has 1 aromatic rings. The Morgan fingerprint density at radius 2 is 2.11 bits per heavy atom. The minimum absolute atomic E-state index is 0.109. The lowest BCUT2D eigenvalue weighted by Crippen LogP contribution is -2.32. The Balaban J connectivity index is 2.60. The number of aliphatic hydroxyl groups is 1. The van der Waals surface area contributed by atoms with Gasteiger partial charge in [0.15, 0.2) is 0 Å². The molecule has 106 valence electrons. The van der Waals surface area contributed by atoms with Crippen molar-refractivity contribution in [3.05, 3.63) is 35.4 Å². The van der Waals surface area contributed by atoms with Crippen LogP contribution >= 0.6 is 0 Å². The summed E-state index contributed by atoms with van der Waals surface area (Å²) in [4.78, 5) is 12.1. The van der Waals surface area contributed by atoms with E-state index in [1.54, 1.807) is 0 Å². The first kappa shape index (κ1) is 15.7. The molecule has 0 saturated heterocycles. The molecule has 0 aliphatic carbocycles. The zero-order chi connectivity index (χ0) is 14.1. The van der Waals surface area contributed by atoms with Crippen molar-refractivity contribution in [3.63, 3.8) is 0 Å². The minimum Gasteiger partial charge on any atom is -0.391 e. The molecule has 1 atom stereocenters. The molecule has 0 aliphatic heterocycles. The molecule has 0 bridgehead atoms. The molecule has 19 heavy (non-hydrogen) atoms. The maximum Gasteiger partial charge on any atom is 0.251 e. The standard InChI is InChI=1S/C15H24N2O2/c1-3-6-13(18)11-17-15(19)14-8-5-4-7-12(14)9-10-16-2/h4-5,7-8,13,16,18H,3,6,9-11H2,1-2H3,(H,17,19). The number of aliphatic hydroxyl groups excluding tert-OH is 1. The van der Waals surface area contributed by atoms with Crippen molar-refractivity contribution in [1.82, 2.24) is 10.6 Å². The van der Waals surface area contributed by atoms with E-state index >= 15 is 0 Å². The van der Waals surface area contributed by atoms with Gasteiger partial charge in [0.25, 0.3) is 5.91 Å². The SMILES string of the molecule is CCCC(O)CNC(=O)c1ccccc1CCNC. The van der Waals surface area contributed by atoms with E-state index in [9.17, 15) is 9.90 Å². The van der Waals surface area contributed by atoms with Gasteiger partial charge in [-0.3, -0.25) is 4.79 Å². The summed E-state index contributed by atoms with van der Waals surface area (Å²) in [6, 6.07) is 7.59. The molecule has 1 amide bonds. The van der Waals surface area contributed by atoms with Crippen LogP contribution in [0.4, 0.5) is 0 Å². The molecule has 4 nitrogen and oxygen atoms in total. The van der Waals surface area contributed by atoms with Gasteiger partial charge in [0.05, 0.1) is 6.10 Å². The van der Waals surface area contributed by atoms with E-state index in [2.05, 4.69) is 10.6 Å². The van der Waals surface area contributed by atoms with Crippen LogP contribution in [-0.2, 0) is 6.42 Å². The highest BCUT2D eigenvalue weighted by atomic mass is 16.3. The molecule has 0 spiro atoms. The van der Waals surface area contributed by atoms with Gasteiger partial charge in [-0.05, 0) is 38.1 Å². The number of amides is 1. The summed E-state index contributed by atoms with van der Waals surface area (Å²) in [5.74, 6) is -0.109. The largest absolute Gasteiger partial charge is 0.391 e. The van der Waals surface area contributed by atoms with Gasteiger partial charge in [-0.15, -0.1) is 0 Å². The average Bonchev–Trinajstić information content (AvgIpc) is 2.43. The normalized spacial score (nSPS) is 12.2. The Kier molecular flexibility index (Phi) is 7.15. The molecule has 1 rings (SSSR count). The van der Waals surface area contributed by atoms with Crippen LogP contribution in [0.2, 0.25) is 0 Å². The summed E-state index contributed by atoms with van der Waals surface area (Å²) >= 11 is 0. The predicted molar refractivity (Wildman–Crippen MR) is 77.3 cm³/mol. The van der Waals surface area contributed by atoms with Gasteiger partial charge in [-0.2, -0.15) is 0 Å². The van der Waals surface area contributed by atoms with Crippen molar-refractivity contribution in [2.45, 2.75) is 32.3 Å². The first-order valence-corrected chi connectivity index (χ1v) is 6.87. The van der Waals surface area contributed by atoms with E-state index in [-0.39, 0.29) is 5.91 Å². The first-order valence-electron chi connectivity index (χ1n) is 6.87. The Bertz CT molecular complexity index is 393. The summed E-state index contributed by atoms with van der Waals surface area (Å²) in [5, 5.41) is 15.5. The van der Waals surface area contributed by atoms with Gasteiger partial charge in [0, 0.05) is 12.1 Å². The smallest absolute Gasteiger partial charge is 0.251 e. The van der Waals surface area contributed by atoms with Gasteiger partial charge in [-0.1, -0.05) is 31.5 Å². The van der Waals surface area contributed by atoms with Gasteiger partial charge in [0.2, 0.25) is 0 Å². The van der Waals surface area contributed by atoms with Crippen LogP contribution in [0.5, 0.6) is 0 Å². The molecule has 0 aliphatic rings. The number of hydrogen-bond acceptors (Lipinski definition) is 3. The summed E-state index contributed by atoms with van der Waals surface area (Å²) < 4.78 is 0. The van der Waals surface area contributed by atoms with Crippen molar-refractivity contribution in [3.8, 4) is 0 Å². The lowest BCUT2D eigenvalue weighted by Gasteiger charge is -2.13. The van der Waals surface area contributed by atoms with Crippen LogP contribution in [0.25, 0.3) is 0 Å². The predicted octanol–water partition coefficient (Wildman–Crippen LogP) is 1.34. The van der Waals surface area contributed by atoms with E-state index in [1.165, 1.54) is 0 Å². The van der Waals surface area contributed by atoms with E-state index in [1.807, 2.05) is 38.2 Å². The molecule has 0 radical (unpaired) electrons. The van der Waals surface area contributed by atoms with Crippen LogP contribution in [0.3, 0.4) is 0 Å². The van der Waals surface area contributed by atoms with E-state index in [4.69, 9.17) is 0 Å². The second-order valence-corrected chi connectivity index (χ2v) is 4.66. The van der Waals surface area contributed by atoms with Crippen LogP contribution in [0.1, 0.15) is 35.7 Å². The molecule has 0 heterocycles. The number of nitrogens with one attached hydrogen (secondary N) is 2. The summed E-state index contributed by atoms with van der Waals surface area (Å²) in [7, 11) is 1.89. The van der Waals surface area contributed by atoms with Crippen LogP contribution in [0, 0.1) is 0 Å². The fraction of sp³-hybridized carbons (Fsp3) is 0.533. The lowest BCUT2D eigenvalue weighted by molar-refractivity contribution is 0.0909. The number of carbonyl (C=O) groups excluding carboxylic acids is 1. The van der Waals surface area contributed by atoms with Gasteiger partial charge >= 0.3 is 0 Å². The van der Waals surface area contributed by atoms with Crippen molar-refractivity contribution in [2.24, 2.45) is 0 Å². The molecule has 1 aromatic carbocycles. The highest BCUT2D eigenvalue weighted by Gasteiger charge is 2.11. The number of benzene rings is 1. The van der Waals surface area contributed by atoms with Crippen molar-refractivity contribution >= 4 is 5.91 Å². The van der Waals surface area contributed by atoms with Crippen LogP contribution in [-0.4, -0.2) is 37.3 Å². The molecule has 3 N–H and O–H groups in total. The van der Waals surface area contributed by atoms with E-state index in [0.717, 1.165) is 24.9 Å². The molecule has 4 heteroatoms. The third kappa shape index (κ3) is 5.41. The fourth-order valence-corrected chi connectivity index (χ4v) is 1.96. The molecule has 0 saturated carbocycles. The highest BCUT2D eigenvalue weighted by molar-refractivity contribution is 5.95. The van der Waals surface area contributed by atoms with Crippen molar-refractivity contribution in [2.75, 3.05) is 20.1 Å². The van der Waals surface area contributed by atoms with Crippen LogP contribution < -0.4 is 10.6 Å². The van der Waals surface area contributed by atoms with E-state index in [0.29, 0.717) is 18.5 Å². The number of rotatable bonds is 8. The summed E-state index contributed by atoms with van der Waals surface area (Å²) in [5.41, 5.74) is 1.72. The van der Waals surface area contributed by atoms with Crippen molar-refractivity contribution in [1.29, 1.82) is 0 Å². The second kappa shape index (κ2) is 8.67. The third-order valence-corrected chi connectivity index (χ3v) is 3.03. The number of carbonyl (C=O) groups is 1. The zero-order valence-corrected chi connectivity index (χ0v) is 11.8. The zero-order valence-electron chi connectivity index (χ0n) is 11.8. The summed E-state index contributed by atoms with van der Waals surface area (Å²) in [6.45, 7) is 3.16. The average molecular weight is 264 g/mol.